The van der Waals surface area contributed by atoms with Gasteiger partial charge in [0.15, 0.2) is 0 Å². The third kappa shape index (κ3) is 3.33. The van der Waals surface area contributed by atoms with E-state index in [4.69, 9.17) is 4.74 Å². The minimum Gasteiger partial charge on any atom is -0.492 e. The molecule has 1 atom stereocenters. The van der Waals surface area contributed by atoms with Crippen LogP contribution in [0.5, 0.6) is 5.75 Å². The number of nitrogens with one attached hydrogen (secondary N) is 1. The van der Waals surface area contributed by atoms with Gasteiger partial charge in [0.25, 0.3) is 5.69 Å². The lowest BCUT2D eigenvalue weighted by atomic mass is 10.0. The van der Waals surface area contributed by atoms with Crippen LogP contribution in [0.15, 0.2) is 53.4 Å². The summed E-state index contributed by atoms with van der Waals surface area (Å²) in [7, 11) is -3.85. The van der Waals surface area contributed by atoms with Crippen LogP contribution < -0.4 is 9.46 Å². The average molecular weight is 334 g/mol. The lowest BCUT2D eigenvalue weighted by molar-refractivity contribution is -0.385. The molecular formula is C15H14N2O5S. The molecule has 2 aromatic carbocycles. The van der Waals surface area contributed by atoms with Crippen LogP contribution in [0.2, 0.25) is 0 Å². The van der Waals surface area contributed by atoms with Gasteiger partial charge in [-0.25, -0.2) is 13.1 Å². The highest BCUT2D eigenvalue weighted by molar-refractivity contribution is 7.89. The Hall–Kier alpha value is -2.45. The highest BCUT2D eigenvalue weighted by Crippen LogP contribution is 2.25. The summed E-state index contributed by atoms with van der Waals surface area (Å²) in [6.45, 7) is 0.213. The zero-order valence-corrected chi connectivity index (χ0v) is 12.8. The SMILES string of the molecule is O=[N+]([O-])c1cccc(S(=O)(=O)NC2COc3ccccc3C2)c1. The van der Waals surface area contributed by atoms with Gasteiger partial charge in [0.05, 0.1) is 15.9 Å². The number of sulfonamides is 1. The number of benzene rings is 2. The standard InChI is InChI=1S/C15H14N2O5S/c18-17(19)13-5-3-6-14(9-13)23(20,21)16-12-8-11-4-1-2-7-15(11)22-10-12/h1-7,9,12,16H,8,10H2. The fourth-order valence-corrected chi connectivity index (χ4v) is 3.72. The smallest absolute Gasteiger partial charge is 0.270 e. The number of nitro groups is 1. The van der Waals surface area contributed by atoms with Crippen LogP contribution >= 0.6 is 0 Å². The fraction of sp³-hybridized carbons (Fsp3) is 0.200. The van der Waals surface area contributed by atoms with Gasteiger partial charge < -0.3 is 4.74 Å². The first-order chi connectivity index (χ1) is 11.0. The molecule has 0 aliphatic carbocycles. The molecule has 7 nitrogen and oxygen atoms in total. The predicted octanol–water partition coefficient (Wildman–Crippen LogP) is 1.88. The maximum absolute atomic E-state index is 12.4. The predicted molar refractivity (Wildman–Crippen MR) is 82.8 cm³/mol. The van der Waals surface area contributed by atoms with Crippen molar-refractivity contribution in [2.24, 2.45) is 0 Å². The van der Waals surface area contributed by atoms with Crippen LogP contribution in [0.4, 0.5) is 5.69 Å². The Kier molecular flexibility index (Phi) is 4.01. The quantitative estimate of drug-likeness (QED) is 0.680. The average Bonchev–Trinajstić information content (AvgIpc) is 2.54. The van der Waals surface area contributed by atoms with Gasteiger partial charge in [-0.3, -0.25) is 10.1 Å². The molecule has 0 saturated heterocycles. The van der Waals surface area contributed by atoms with E-state index < -0.39 is 21.0 Å². The molecule has 1 aliphatic heterocycles. The van der Waals surface area contributed by atoms with Crippen molar-refractivity contribution >= 4 is 15.7 Å². The van der Waals surface area contributed by atoms with Crippen molar-refractivity contribution < 1.29 is 18.1 Å². The van der Waals surface area contributed by atoms with Crippen molar-refractivity contribution in [3.05, 3.63) is 64.2 Å². The number of hydrogen-bond acceptors (Lipinski definition) is 5. The van der Waals surface area contributed by atoms with Crippen molar-refractivity contribution in [2.75, 3.05) is 6.61 Å². The van der Waals surface area contributed by atoms with Crippen LogP contribution in [0.25, 0.3) is 0 Å². The van der Waals surface area contributed by atoms with E-state index in [-0.39, 0.29) is 17.2 Å². The summed E-state index contributed by atoms with van der Waals surface area (Å²) < 4.78 is 32.9. The lowest BCUT2D eigenvalue weighted by Crippen LogP contribution is -2.42. The second-order valence-corrected chi connectivity index (χ2v) is 6.91. The third-order valence-electron chi connectivity index (χ3n) is 3.54. The first-order valence-electron chi connectivity index (χ1n) is 6.93. The van der Waals surface area contributed by atoms with E-state index in [9.17, 15) is 18.5 Å². The van der Waals surface area contributed by atoms with Crippen LogP contribution in [0.1, 0.15) is 5.56 Å². The number of nitrogens with zero attached hydrogens (tertiary/aromatic N) is 1. The molecule has 120 valence electrons. The third-order valence-corrected chi connectivity index (χ3v) is 5.06. The molecule has 0 bridgehead atoms. The summed E-state index contributed by atoms with van der Waals surface area (Å²) in [5.74, 6) is 0.748. The molecule has 0 spiro atoms. The summed E-state index contributed by atoms with van der Waals surface area (Å²) in [4.78, 5) is 10.0. The van der Waals surface area contributed by atoms with Crippen LogP contribution in [-0.2, 0) is 16.4 Å². The number of fused-ring (bicyclic) bond motifs is 1. The van der Waals surface area contributed by atoms with Gasteiger partial charge in [0.2, 0.25) is 10.0 Å². The van der Waals surface area contributed by atoms with Crippen molar-refractivity contribution in [2.45, 2.75) is 17.4 Å². The second-order valence-electron chi connectivity index (χ2n) is 5.20. The monoisotopic (exact) mass is 334 g/mol. The molecule has 0 saturated carbocycles. The molecule has 1 heterocycles. The zero-order chi connectivity index (χ0) is 16.4. The molecule has 2 aromatic rings. The maximum Gasteiger partial charge on any atom is 0.270 e. The summed E-state index contributed by atoms with van der Waals surface area (Å²) in [5.41, 5.74) is 0.656. The Bertz CT molecular complexity index is 850. The minimum absolute atomic E-state index is 0.134. The van der Waals surface area contributed by atoms with Gasteiger partial charge in [-0.2, -0.15) is 0 Å². The summed E-state index contributed by atoms with van der Waals surface area (Å²) in [6.07, 6.45) is 0.504. The molecule has 3 rings (SSSR count). The Morgan fingerprint density at radius 3 is 2.74 bits per heavy atom. The first-order valence-corrected chi connectivity index (χ1v) is 8.41. The van der Waals surface area contributed by atoms with Crippen molar-refractivity contribution in [1.29, 1.82) is 0 Å². The minimum atomic E-state index is -3.85. The number of non-ortho nitro benzene ring substituents is 1. The van der Waals surface area contributed by atoms with E-state index >= 15 is 0 Å². The fourth-order valence-electron chi connectivity index (χ4n) is 2.46. The Morgan fingerprint density at radius 1 is 1.17 bits per heavy atom. The molecule has 1 unspecified atom stereocenters. The molecule has 0 radical (unpaired) electrons. The molecule has 0 fully saturated rings. The summed E-state index contributed by atoms with van der Waals surface area (Å²) >= 11 is 0. The largest absolute Gasteiger partial charge is 0.492 e. The molecule has 1 aliphatic rings. The molecule has 0 aromatic heterocycles. The highest BCUT2D eigenvalue weighted by atomic mass is 32.2. The van der Waals surface area contributed by atoms with E-state index in [0.717, 1.165) is 17.4 Å². The van der Waals surface area contributed by atoms with Gasteiger partial charge in [-0.15, -0.1) is 0 Å². The molecular weight excluding hydrogens is 320 g/mol. The Morgan fingerprint density at radius 2 is 1.96 bits per heavy atom. The van der Waals surface area contributed by atoms with E-state index in [1.807, 2.05) is 24.3 Å². The zero-order valence-electron chi connectivity index (χ0n) is 12.0. The van der Waals surface area contributed by atoms with E-state index in [2.05, 4.69) is 4.72 Å². The number of para-hydroxylation sites is 1. The van der Waals surface area contributed by atoms with Gasteiger partial charge in [-0.1, -0.05) is 24.3 Å². The van der Waals surface area contributed by atoms with Gasteiger partial charge in [0.1, 0.15) is 12.4 Å². The van der Waals surface area contributed by atoms with Crippen molar-refractivity contribution in [1.82, 2.24) is 4.72 Å². The molecule has 23 heavy (non-hydrogen) atoms. The summed E-state index contributed by atoms with van der Waals surface area (Å²) in [5, 5.41) is 10.8. The molecule has 1 N–H and O–H groups in total. The second kappa shape index (κ2) is 5.98. The number of rotatable bonds is 4. The highest BCUT2D eigenvalue weighted by Gasteiger charge is 2.26. The normalized spacial score (nSPS) is 17.1. The Balaban J connectivity index is 1.80. The first kappa shape index (κ1) is 15.4. The van der Waals surface area contributed by atoms with Crippen LogP contribution in [0.3, 0.4) is 0 Å². The van der Waals surface area contributed by atoms with Crippen LogP contribution in [-0.4, -0.2) is 26.0 Å². The van der Waals surface area contributed by atoms with E-state index in [1.165, 1.54) is 18.2 Å². The van der Waals surface area contributed by atoms with Crippen molar-refractivity contribution in [3.8, 4) is 5.75 Å². The Labute approximate surface area is 133 Å². The van der Waals surface area contributed by atoms with Gasteiger partial charge >= 0.3 is 0 Å². The number of ether oxygens (including phenoxy) is 1. The van der Waals surface area contributed by atoms with E-state index in [0.29, 0.717) is 6.42 Å². The van der Waals surface area contributed by atoms with Gasteiger partial charge in [0, 0.05) is 12.1 Å². The summed E-state index contributed by atoms with van der Waals surface area (Å²) in [6, 6.07) is 12.0. The number of nitro benzene ring substituents is 1. The molecule has 0 amide bonds. The van der Waals surface area contributed by atoms with E-state index in [1.54, 1.807) is 0 Å². The van der Waals surface area contributed by atoms with Gasteiger partial charge in [-0.05, 0) is 24.1 Å². The molecule has 8 heteroatoms. The lowest BCUT2D eigenvalue weighted by Gasteiger charge is -2.25. The number of hydrogen-bond donors (Lipinski definition) is 1. The maximum atomic E-state index is 12.4. The topological polar surface area (TPSA) is 98.5 Å². The van der Waals surface area contributed by atoms with Crippen LogP contribution in [0, 0.1) is 10.1 Å². The van der Waals surface area contributed by atoms with Crippen molar-refractivity contribution in [3.63, 3.8) is 0 Å².